The van der Waals surface area contributed by atoms with Crippen LogP contribution in [0.3, 0.4) is 0 Å². The van der Waals surface area contributed by atoms with Gasteiger partial charge in [0.1, 0.15) is 0 Å². The van der Waals surface area contributed by atoms with Crippen molar-refractivity contribution in [2.75, 3.05) is 6.26 Å². The molecule has 0 saturated carbocycles. The maximum absolute atomic E-state index is 11.2. The topological polar surface area (TPSA) is 34.1 Å². The summed E-state index contributed by atoms with van der Waals surface area (Å²) in [5.74, 6) is 0.596. The van der Waals surface area contributed by atoms with E-state index in [0.29, 0.717) is 10.8 Å². The Morgan fingerprint density at radius 3 is 2.00 bits per heavy atom. The lowest BCUT2D eigenvalue weighted by atomic mass is 10.0. The molecular weight excluding hydrogens is 196 g/mol. The fraction of sp³-hybridized carbons (Fsp3) is 0.455. The van der Waals surface area contributed by atoms with E-state index in [4.69, 9.17) is 0 Å². The summed E-state index contributed by atoms with van der Waals surface area (Å²) in [7, 11) is -3.05. The van der Waals surface area contributed by atoms with E-state index >= 15 is 0 Å². The molecule has 0 saturated heterocycles. The lowest BCUT2D eigenvalue weighted by molar-refractivity contribution is 0.601. The van der Waals surface area contributed by atoms with Crippen LogP contribution in [-0.4, -0.2) is 14.7 Å². The number of sulfone groups is 1. The van der Waals surface area contributed by atoms with Crippen LogP contribution in [0.5, 0.6) is 0 Å². The monoisotopic (exact) mass is 212 g/mol. The molecule has 0 bridgehead atoms. The quantitative estimate of drug-likeness (QED) is 0.770. The zero-order valence-electron chi connectivity index (χ0n) is 8.82. The van der Waals surface area contributed by atoms with E-state index in [1.165, 1.54) is 11.8 Å². The minimum absolute atomic E-state index is 0.394. The first-order valence-corrected chi connectivity index (χ1v) is 6.57. The molecule has 1 aromatic carbocycles. The molecule has 0 radical (unpaired) electrons. The second kappa shape index (κ2) is 4.13. The molecule has 2 nitrogen and oxygen atoms in total. The Morgan fingerprint density at radius 1 is 1.14 bits per heavy atom. The highest BCUT2D eigenvalue weighted by Gasteiger charge is 2.06. The predicted octanol–water partition coefficient (Wildman–Crippen LogP) is 2.29. The van der Waals surface area contributed by atoms with Gasteiger partial charge in [-0.3, -0.25) is 0 Å². The molecule has 0 aliphatic heterocycles. The van der Waals surface area contributed by atoms with Crippen LogP contribution < -0.4 is 0 Å². The lowest BCUT2D eigenvalue weighted by Gasteiger charge is -2.05. The van der Waals surface area contributed by atoms with Crippen LogP contribution in [0.15, 0.2) is 29.2 Å². The van der Waals surface area contributed by atoms with Crippen LogP contribution >= 0.6 is 0 Å². The summed E-state index contributed by atoms with van der Waals surface area (Å²) in [6, 6.07) is 7.12. The van der Waals surface area contributed by atoms with Gasteiger partial charge in [0.05, 0.1) is 4.90 Å². The third-order valence-corrected chi connectivity index (χ3v) is 3.12. The zero-order valence-corrected chi connectivity index (χ0v) is 9.64. The van der Waals surface area contributed by atoms with Crippen molar-refractivity contribution in [3.63, 3.8) is 0 Å². The average Bonchev–Trinajstić information content (AvgIpc) is 2.02. The minimum atomic E-state index is -3.05. The fourth-order valence-electron chi connectivity index (χ4n) is 1.34. The summed E-state index contributed by atoms with van der Waals surface area (Å²) in [5, 5.41) is 0. The summed E-state index contributed by atoms with van der Waals surface area (Å²) in [4.78, 5) is 0.394. The zero-order chi connectivity index (χ0) is 10.8. The molecule has 14 heavy (non-hydrogen) atoms. The molecular formula is C11H16O2S. The Kier molecular flexibility index (Phi) is 3.32. The van der Waals surface area contributed by atoms with Gasteiger partial charge < -0.3 is 0 Å². The van der Waals surface area contributed by atoms with Crippen molar-refractivity contribution >= 4 is 9.84 Å². The van der Waals surface area contributed by atoms with Gasteiger partial charge in [-0.05, 0) is 30.0 Å². The van der Waals surface area contributed by atoms with Crippen molar-refractivity contribution in [1.29, 1.82) is 0 Å². The lowest BCUT2D eigenvalue weighted by Crippen LogP contribution is -1.98. The van der Waals surface area contributed by atoms with Crippen molar-refractivity contribution in [2.45, 2.75) is 25.2 Å². The number of rotatable bonds is 3. The molecule has 1 rings (SSSR count). The van der Waals surface area contributed by atoms with E-state index in [9.17, 15) is 8.42 Å². The Balaban J connectivity index is 2.90. The van der Waals surface area contributed by atoms with Gasteiger partial charge in [0.2, 0.25) is 0 Å². The van der Waals surface area contributed by atoms with Crippen molar-refractivity contribution in [3.8, 4) is 0 Å². The van der Waals surface area contributed by atoms with Crippen molar-refractivity contribution in [3.05, 3.63) is 29.8 Å². The van der Waals surface area contributed by atoms with E-state index in [2.05, 4.69) is 13.8 Å². The first-order chi connectivity index (χ1) is 6.39. The minimum Gasteiger partial charge on any atom is -0.224 e. The molecule has 3 heteroatoms. The largest absolute Gasteiger partial charge is 0.224 e. The predicted molar refractivity (Wildman–Crippen MR) is 58.1 cm³/mol. The third kappa shape index (κ3) is 3.14. The van der Waals surface area contributed by atoms with Crippen LogP contribution in [0.1, 0.15) is 19.4 Å². The van der Waals surface area contributed by atoms with E-state index in [1.807, 2.05) is 12.1 Å². The smallest absolute Gasteiger partial charge is 0.175 e. The highest BCUT2D eigenvalue weighted by molar-refractivity contribution is 7.90. The molecule has 0 N–H and O–H groups in total. The Morgan fingerprint density at radius 2 is 1.64 bits per heavy atom. The maximum atomic E-state index is 11.2. The molecule has 0 amide bonds. The average molecular weight is 212 g/mol. The van der Waals surface area contributed by atoms with Crippen LogP contribution in [0.2, 0.25) is 0 Å². The maximum Gasteiger partial charge on any atom is 0.175 e. The Hall–Kier alpha value is -0.830. The summed E-state index contributed by atoms with van der Waals surface area (Å²) in [6.07, 6.45) is 2.22. The van der Waals surface area contributed by atoms with E-state index in [-0.39, 0.29) is 0 Å². The molecule has 0 fully saturated rings. The first-order valence-electron chi connectivity index (χ1n) is 4.68. The van der Waals surface area contributed by atoms with Crippen molar-refractivity contribution < 1.29 is 8.42 Å². The van der Waals surface area contributed by atoms with E-state index in [1.54, 1.807) is 12.1 Å². The number of hydrogen-bond donors (Lipinski definition) is 0. The van der Waals surface area contributed by atoms with Gasteiger partial charge >= 0.3 is 0 Å². The summed E-state index contributed by atoms with van der Waals surface area (Å²) < 4.78 is 22.3. The second-order valence-electron chi connectivity index (χ2n) is 4.01. The van der Waals surface area contributed by atoms with Gasteiger partial charge in [-0.15, -0.1) is 0 Å². The Bertz CT molecular complexity index is 388. The molecule has 0 unspecified atom stereocenters. The van der Waals surface area contributed by atoms with E-state index in [0.717, 1.165) is 6.42 Å². The van der Waals surface area contributed by atoms with Gasteiger partial charge in [0, 0.05) is 6.26 Å². The van der Waals surface area contributed by atoms with Crippen molar-refractivity contribution in [2.24, 2.45) is 5.92 Å². The van der Waals surface area contributed by atoms with E-state index < -0.39 is 9.84 Å². The molecule has 0 aliphatic carbocycles. The summed E-state index contributed by atoms with van der Waals surface area (Å²) in [6.45, 7) is 4.29. The SMILES string of the molecule is CC(C)Cc1ccc(S(C)(=O)=O)cc1. The standard InChI is InChI=1S/C11H16O2S/c1-9(2)8-10-4-6-11(7-5-10)14(3,12)13/h4-7,9H,8H2,1-3H3. The first kappa shape index (κ1) is 11.2. The molecule has 1 aromatic rings. The van der Waals surface area contributed by atoms with Gasteiger partial charge in [-0.25, -0.2) is 8.42 Å². The number of benzene rings is 1. The second-order valence-corrected chi connectivity index (χ2v) is 6.03. The van der Waals surface area contributed by atoms with Crippen LogP contribution in [-0.2, 0) is 16.3 Å². The highest BCUT2D eigenvalue weighted by atomic mass is 32.2. The summed E-state index contributed by atoms with van der Waals surface area (Å²) >= 11 is 0. The molecule has 0 aromatic heterocycles. The van der Waals surface area contributed by atoms with Gasteiger partial charge in [0.25, 0.3) is 0 Å². The van der Waals surface area contributed by atoms with Crippen LogP contribution in [0, 0.1) is 5.92 Å². The Labute approximate surface area is 85.9 Å². The van der Waals surface area contributed by atoms with Crippen molar-refractivity contribution in [1.82, 2.24) is 0 Å². The van der Waals surface area contributed by atoms with Crippen LogP contribution in [0.4, 0.5) is 0 Å². The van der Waals surface area contributed by atoms with Crippen LogP contribution in [0.25, 0.3) is 0 Å². The molecule has 78 valence electrons. The normalized spacial score (nSPS) is 12.0. The van der Waals surface area contributed by atoms with Gasteiger partial charge in [-0.1, -0.05) is 26.0 Å². The highest BCUT2D eigenvalue weighted by Crippen LogP contribution is 2.13. The molecule has 0 aliphatic rings. The third-order valence-electron chi connectivity index (χ3n) is 2.00. The fourth-order valence-corrected chi connectivity index (χ4v) is 1.97. The van der Waals surface area contributed by atoms with Gasteiger partial charge in [-0.2, -0.15) is 0 Å². The molecule has 0 atom stereocenters. The molecule has 0 heterocycles. The summed E-state index contributed by atoms with van der Waals surface area (Å²) in [5.41, 5.74) is 1.19. The molecule has 0 spiro atoms. The van der Waals surface area contributed by atoms with Gasteiger partial charge in [0.15, 0.2) is 9.84 Å². The number of hydrogen-bond acceptors (Lipinski definition) is 2.